The minimum atomic E-state index is -0.211. The lowest BCUT2D eigenvalue weighted by Gasteiger charge is -2.35. The second-order valence-corrected chi connectivity index (χ2v) is 6.48. The molecule has 5 heteroatoms. The summed E-state index contributed by atoms with van der Waals surface area (Å²) in [5.74, 6) is 2.02. The van der Waals surface area contributed by atoms with Crippen molar-refractivity contribution in [3.8, 4) is 0 Å². The van der Waals surface area contributed by atoms with E-state index in [9.17, 15) is 4.79 Å². The number of anilines is 1. The molecule has 1 aromatic heterocycles. The fourth-order valence-electron chi connectivity index (χ4n) is 3.44. The summed E-state index contributed by atoms with van der Waals surface area (Å²) in [5, 5.41) is 10.3. The summed E-state index contributed by atoms with van der Waals surface area (Å²) in [5.41, 5.74) is 0.949. The first kappa shape index (κ1) is 12.4. The molecule has 1 saturated heterocycles. The number of rotatable bonds is 4. The summed E-state index contributed by atoms with van der Waals surface area (Å²) in [6, 6.07) is 2.00. The van der Waals surface area contributed by atoms with E-state index in [-0.39, 0.29) is 11.3 Å². The first-order valence-electron chi connectivity index (χ1n) is 7.72. The Morgan fingerprint density at radius 1 is 1.30 bits per heavy atom. The van der Waals surface area contributed by atoms with E-state index in [0.29, 0.717) is 30.9 Å². The molecule has 0 spiro atoms. The third-order valence-corrected chi connectivity index (χ3v) is 5.05. The summed E-state index contributed by atoms with van der Waals surface area (Å²) in [6.07, 6.45) is 6.54. The molecule has 2 aliphatic carbocycles. The number of aromatic amines is 1. The van der Waals surface area contributed by atoms with Crippen LogP contribution in [0.3, 0.4) is 0 Å². The molecular weight excluding hydrogens is 254 g/mol. The number of amides is 1. The van der Waals surface area contributed by atoms with Crippen LogP contribution in [0.15, 0.2) is 6.07 Å². The number of hydrogen-bond donors (Lipinski definition) is 2. The Morgan fingerprint density at radius 2 is 2.05 bits per heavy atom. The lowest BCUT2D eigenvalue weighted by Crippen LogP contribution is -2.42. The van der Waals surface area contributed by atoms with Crippen molar-refractivity contribution in [2.45, 2.75) is 44.4 Å². The van der Waals surface area contributed by atoms with Crippen LogP contribution >= 0.6 is 0 Å². The molecular formula is C15H21N3O2. The molecule has 0 bridgehead atoms. The van der Waals surface area contributed by atoms with Gasteiger partial charge in [0.25, 0.3) is 0 Å². The lowest BCUT2D eigenvalue weighted by molar-refractivity contribution is -0.133. The topological polar surface area (TPSA) is 67.0 Å². The van der Waals surface area contributed by atoms with E-state index < -0.39 is 0 Å². The predicted octanol–water partition coefficient (Wildman–Crippen LogP) is 2.43. The summed E-state index contributed by atoms with van der Waals surface area (Å²) in [4.78, 5) is 12.7. The second-order valence-electron chi connectivity index (χ2n) is 6.48. The van der Waals surface area contributed by atoms with Crippen molar-refractivity contribution >= 4 is 11.7 Å². The number of carbonyl (C=O) groups excluding carboxylic acids is 1. The molecule has 4 rings (SSSR count). The molecule has 20 heavy (non-hydrogen) atoms. The van der Waals surface area contributed by atoms with E-state index >= 15 is 0 Å². The Labute approximate surface area is 118 Å². The minimum Gasteiger partial charge on any atom is -0.381 e. The molecule has 108 valence electrons. The average molecular weight is 275 g/mol. The van der Waals surface area contributed by atoms with Gasteiger partial charge < -0.3 is 10.1 Å². The highest BCUT2D eigenvalue weighted by molar-refractivity contribution is 5.95. The Morgan fingerprint density at radius 3 is 2.70 bits per heavy atom. The quantitative estimate of drug-likeness (QED) is 0.887. The van der Waals surface area contributed by atoms with Crippen molar-refractivity contribution in [3.05, 3.63) is 11.8 Å². The van der Waals surface area contributed by atoms with Crippen molar-refractivity contribution < 1.29 is 9.53 Å². The van der Waals surface area contributed by atoms with E-state index in [1.54, 1.807) is 0 Å². The van der Waals surface area contributed by atoms with Crippen LogP contribution in [0.4, 0.5) is 5.82 Å². The zero-order valence-electron chi connectivity index (χ0n) is 11.7. The monoisotopic (exact) mass is 275 g/mol. The van der Waals surface area contributed by atoms with Crippen LogP contribution < -0.4 is 5.32 Å². The summed E-state index contributed by atoms with van der Waals surface area (Å²) in [6.45, 7) is 1.41. The number of ether oxygens (including phenoxy) is 1. The summed E-state index contributed by atoms with van der Waals surface area (Å²) in [7, 11) is 0. The van der Waals surface area contributed by atoms with E-state index in [4.69, 9.17) is 4.74 Å². The fourth-order valence-corrected chi connectivity index (χ4v) is 3.44. The predicted molar refractivity (Wildman–Crippen MR) is 74.4 cm³/mol. The van der Waals surface area contributed by atoms with Crippen molar-refractivity contribution in [1.82, 2.24) is 10.2 Å². The van der Waals surface area contributed by atoms with Crippen LogP contribution in [0.5, 0.6) is 0 Å². The fraction of sp³-hybridized carbons (Fsp3) is 0.733. The van der Waals surface area contributed by atoms with Crippen LogP contribution in [0.1, 0.15) is 50.1 Å². The molecule has 5 nitrogen and oxygen atoms in total. The minimum absolute atomic E-state index is 0.150. The Hall–Kier alpha value is -1.36. The van der Waals surface area contributed by atoms with Crippen LogP contribution in [0.25, 0.3) is 0 Å². The SMILES string of the molecule is O=C(Nc1cc(C2CC2)[nH]n1)C1(C2CC2)CCOCC1. The van der Waals surface area contributed by atoms with Gasteiger partial charge >= 0.3 is 0 Å². The third kappa shape index (κ3) is 2.14. The van der Waals surface area contributed by atoms with Gasteiger partial charge in [0, 0.05) is 30.9 Å². The maximum atomic E-state index is 12.7. The molecule has 0 radical (unpaired) electrons. The molecule has 1 aliphatic heterocycles. The van der Waals surface area contributed by atoms with Crippen molar-refractivity contribution in [1.29, 1.82) is 0 Å². The van der Waals surface area contributed by atoms with Gasteiger partial charge in [0.05, 0.1) is 5.41 Å². The van der Waals surface area contributed by atoms with Crippen molar-refractivity contribution in [2.75, 3.05) is 18.5 Å². The molecule has 2 heterocycles. The number of aromatic nitrogens is 2. The van der Waals surface area contributed by atoms with E-state index in [1.165, 1.54) is 25.7 Å². The number of carbonyl (C=O) groups is 1. The molecule has 2 N–H and O–H groups in total. The molecule has 1 aromatic rings. The van der Waals surface area contributed by atoms with Gasteiger partial charge in [-0.1, -0.05) is 0 Å². The van der Waals surface area contributed by atoms with Gasteiger partial charge in [0.15, 0.2) is 5.82 Å². The smallest absolute Gasteiger partial charge is 0.232 e. The molecule has 3 aliphatic rings. The number of nitrogens with one attached hydrogen (secondary N) is 2. The maximum absolute atomic E-state index is 12.7. The normalized spacial score (nSPS) is 25.4. The average Bonchev–Trinajstić information content (AvgIpc) is 3.38. The molecule has 3 fully saturated rings. The number of nitrogens with zero attached hydrogens (tertiary/aromatic N) is 1. The third-order valence-electron chi connectivity index (χ3n) is 5.05. The Balaban J connectivity index is 1.49. The van der Waals surface area contributed by atoms with E-state index in [1.807, 2.05) is 6.07 Å². The zero-order chi connectivity index (χ0) is 13.6. The highest BCUT2D eigenvalue weighted by Gasteiger charge is 2.51. The largest absolute Gasteiger partial charge is 0.381 e. The van der Waals surface area contributed by atoms with Crippen LogP contribution in [-0.2, 0) is 9.53 Å². The summed E-state index contributed by atoms with van der Waals surface area (Å²) >= 11 is 0. The molecule has 0 atom stereocenters. The molecule has 1 amide bonds. The molecule has 0 unspecified atom stereocenters. The van der Waals surface area contributed by atoms with Crippen LogP contribution in [-0.4, -0.2) is 29.3 Å². The first-order chi connectivity index (χ1) is 9.78. The van der Waals surface area contributed by atoms with Crippen molar-refractivity contribution in [2.24, 2.45) is 11.3 Å². The van der Waals surface area contributed by atoms with Gasteiger partial charge in [-0.3, -0.25) is 9.89 Å². The van der Waals surface area contributed by atoms with Crippen molar-refractivity contribution in [3.63, 3.8) is 0 Å². The van der Waals surface area contributed by atoms with E-state index in [2.05, 4.69) is 15.5 Å². The first-order valence-corrected chi connectivity index (χ1v) is 7.72. The summed E-state index contributed by atoms with van der Waals surface area (Å²) < 4.78 is 5.45. The maximum Gasteiger partial charge on any atom is 0.232 e. The van der Waals surface area contributed by atoms with Gasteiger partial charge in [0.2, 0.25) is 5.91 Å². The molecule has 0 aromatic carbocycles. The standard InChI is InChI=1S/C15H21N3O2/c19-14(15(11-3-4-11)5-7-20-8-6-15)16-13-9-12(17-18-13)10-1-2-10/h9-11H,1-8H2,(H2,16,17,18,19). The Kier molecular flexibility index (Phi) is 2.84. The zero-order valence-corrected chi connectivity index (χ0v) is 11.7. The van der Waals surface area contributed by atoms with Gasteiger partial charge in [0.1, 0.15) is 0 Å². The molecule has 2 saturated carbocycles. The number of H-pyrrole nitrogens is 1. The van der Waals surface area contributed by atoms with Crippen LogP contribution in [0.2, 0.25) is 0 Å². The second kappa shape index (κ2) is 4.58. The van der Waals surface area contributed by atoms with Gasteiger partial charge in [-0.05, 0) is 44.4 Å². The van der Waals surface area contributed by atoms with Gasteiger partial charge in [-0.15, -0.1) is 0 Å². The highest BCUT2D eigenvalue weighted by Crippen LogP contribution is 2.52. The van der Waals surface area contributed by atoms with E-state index in [0.717, 1.165) is 18.5 Å². The van der Waals surface area contributed by atoms with Crippen LogP contribution in [0, 0.1) is 11.3 Å². The van der Waals surface area contributed by atoms with Gasteiger partial charge in [-0.2, -0.15) is 5.10 Å². The van der Waals surface area contributed by atoms with Gasteiger partial charge in [-0.25, -0.2) is 0 Å². The lowest BCUT2D eigenvalue weighted by atomic mass is 9.75. The number of hydrogen-bond acceptors (Lipinski definition) is 3. The highest BCUT2D eigenvalue weighted by atomic mass is 16.5. The Bertz CT molecular complexity index is 511.